The molecule has 1 fully saturated rings. The fourth-order valence-corrected chi connectivity index (χ4v) is 2.10. The van der Waals surface area contributed by atoms with Crippen molar-refractivity contribution in [1.29, 1.82) is 0 Å². The van der Waals surface area contributed by atoms with Crippen LogP contribution in [0.15, 0.2) is 6.07 Å². The second-order valence-corrected chi connectivity index (χ2v) is 4.60. The van der Waals surface area contributed by atoms with Crippen molar-refractivity contribution in [1.82, 2.24) is 9.97 Å². The first kappa shape index (κ1) is 12.6. The Hall–Kier alpha value is -0.870. The van der Waals surface area contributed by atoms with Gasteiger partial charge in [-0.15, -0.1) is 0 Å². The zero-order valence-corrected chi connectivity index (χ0v) is 10.8. The van der Waals surface area contributed by atoms with Crippen LogP contribution in [0.2, 0.25) is 5.15 Å². The van der Waals surface area contributed by atoms with E-state index in [0.29, 0.717) is 11.3 Å². The molecule has 1 unspecified atom stereocenters. The number of anilines is 1. The molecule has 1 aliphatic rings. The zero-order chi connectivity index (χ0) is 12.1. The average Bonchev–Trinajstić information content (AvgIpc) is 2.37. The number of halogens is 1. The minimum Gasteiger partial charge on any atom is -0.376 e. The molecule has 0 saturated carbocycles. The number of nitrogens with one attached hydrogen (secondary N) is 1. The van der Waals surface area contributed by atoms with Crippen molar-refractivity contribution in [3.05, 3.63) is 17.0 Å². The van der Waals surface area contributed by atoms with E-state index >= 15 is 0 Å². The molecule has 0 bridgehead atoms. The predicted octanol–water partition coefficient (Wildman–Crippen LogP) is 2.67. The zero-order valence-electron chi connectivity index (χ0n) is 10.1. The standard InChI is InChI=1S/C12H18ClN3O/c1-2-11-15-10(13)7-12(16-11)14-8-9-5-3-4-6-17-9/h7,9H,2-6,8H2,1H3,(H,14,15,16). The summed E-state index contributed by atoms with van der Waals surface area (Å²) in [4.78, 5) is 8.50. The molecule has 1 saturated heterocycles. The number of aromatic nitrogens is 2. The normalized spacial score (nSPS) is 20.2. The number of aryl methyl sites for hydroxylation is 1. The second kappa shape index (κ2) is 6.17. The van der Waals surface area contributed by atoms with E-state index in [9.17, 15) is 0 Å². The number of nitrogens with zero attached hydrogens (tertiary/aromatic N) is 2. The monoisotopic (exact) mass is 255 g/mol. The highest BCUT2D eigenvalue weighted by atomic mass is 35.5. The Morgan fingerprint density at radius 2 is 2.35 bits per heavy atom. The highest BCUT2D eigenvalue weighted by Crippen LogP contribution is 2.15. The van der Waals surface area contributed by atoms with Crippen LogP contribution in [0.4, 0.5) is 5.82 Å². The van der Waals surface area contributed by atoms with Crippen molar-refractivity contribution >= 4 is 17.4 Å². The molecule has 94 valence electrons. The van der Waals surface area contributed by atoms with E-state index in [0.717, 1.165) is 37.6 Å². The van der Waals surface area contributed by atoms with Gasteiger partial charge in [-0.25, -0.2) is 9.97 Å². The van der Waals surface area contributed by atoms with E-state index in [1.54, 1.807) is 6.07 Å². The fourth-order valence-electron chi connectivity index (χ4n) is 1.90. The van der Waals surface area contributed by atoms with Gasteiger partial charge in [0.2, 0.25) is 0 Å². The maximum atomic E-state index is 5.93. The Morgan fingerprint density at radius 3 is 3.06 bits per heavy atom. The smallest absolute Gasteiger partial charge is 0.134 e. The van der Waals surface area contributed by atoms with Gasteiger partial charge in [-0.2, -0.15) is 0 Å². The maximum Gasteiger partial charge on any atom is 0.134 e. The first-order valence-corrected chi connectivity index (χ1v) is 6.54. The maximum absolute atomic E-state index is 5.93. The average molecular weight is 256 g/mol. The largest absolute Gasteiger partial charge is 0.376 e. The van der Waals surface area contributed by atoms with Crippen molar-refractivity contribution in [3.8, 4) is 0 Å². The molecule has 1 aromatic heterocycles. The van der Waals surface area contributed by atoms with Crippen LogP contribution in [0, 0.1) is 0 Å². The van der Waals surface area contributed by atoms with Gasteiger partial charge in [0.25, 0.3) is 0 Å². The van der Waals surface area contributed by atoms with Gasteiger partial charge in [0.1, 0.15) is 16.8 Å². The highest BCUT2D eigenvalue weighted by Gasteiger charge is 2.13. The van der Waals surface area contributed by atoms with Crippen LogP contribution in [0.5, 0.6) is 0 Å². The van der Waals surface area contributed by atoms with E-state index in [-0.39, 0.29) is 0 Å². The number of hydrogen-bond acceptors (Lipinski definition) is 4. The van der Waals surface area contributed by atoms with Crippen LogP contribution < -0.4 is 5.32 Å². The lowest BCUT2D eigenvalue weighted by Gasteiger charge is -2.23. The molecule has 0 spiro atoms. The van der Waals surface area contributed by atoms with Gasteiger partial charge < -0.3 is 10.1 Å². The van der Waals surface area contributed by atoms with Gasteiger partial charge in [-0.05, 0) is 19.3 Å². The lowest BCUT2D eigenvalue weighted by Crippen LogP contribution is -2.27. The first-order valence-electron chi connectivity index (χ1n) is 6.17. The van der Waals surface area contributed by atoms with E-state index in [4.69, 9.17) is 16.3 Å². The summed E-state index contributed by atoms with van der Waals surface area (Å²) in [7, 11) is 0. The quantitative estimate of drug-likeness (QED) is 0.841. The third kappa shape index (κ3) is 3.82. The number of ether oxygens (including phenoxy) is 1. The Labute approximate surface area is 107 Å². The minimum atomic E-state index is 0.294. The molecule has 17 heavy (non-hydrogen) atoms. The first-order chi connectivity index (χ1) is 8.28. The molecule has 0 radical (unpaired) electrons. The third-order valence-electron chi connectivity index (χ3n) is 2.84. The highest BCUT2D eigenvalue weighted by molar-refractivity contribution is 6.29. The molecule has 0 aromatic carbocycles. The van der Waals surface area contributed by atoms with Gasteiger partial charge in [-0.3, -0.25) is 0 Å². The van der Waals surface area contributed by atoms with Crippen molar-refractivity contribution in [3.63, 3.8) is 0 Å². The molecule has 5 heteroatoms. The molecule has 0 amide bonds. The SMILES string of the molecule is CCc1nc(Cl)cc(NCC2CCCCO2)n1. The predicted molar refractivity (Wildman–Crippen MR) is 68.5 cm³/mol. The van der Waals surface area contributed by atoms with E-state index < -0.39 is 0 Å². The van der Waals surface area contributed by atoms with Gasteiger partial charge in [0.05, 0.1) is 6.10 Å². The van der Waals surface area contributed by atoms with Crippen LogP contribution in [0.1, 0.15) is 32.0 Å². The van der Waals surface area contributed by atoms with E-state index in [1.165, 1.54) is 12.8 Å². The van der Waals surface area contributed by atoms with Crippen molar-refractivity contribution < 1.29 is 4.74 Å². The molecule has 2 rings (SSSR count). The van der Waals surface area contributed by atoms with Crippen LogP contribution in [0.3, 0.4) is 0 Å². The Bertz CT molecular complexity index is 367. The van der Waals surface area contributed by atoms with E-state index in [1.807, 2.05) is 6.92 Å². The third-order valence-corrected chi connectivity index (χ3v) is 3.04. The van der Waals surface area contributed by atoms with Crippen molar-refractivity contribution in [2.24, 2.45) is 0 Å². The van der Waals surface area contributed by atoms with Gasteiger partial charge in [-0.1, -0.05) is 18.5 Å². The van der Waals surface area contributed by atoms with Gasteiger partial charge in [0, 0.05) is 25.6 Å². The molecule has 2 heterocycles. The molecule has 0 aliphatic carbocycles. The second-order valence-electron chi connectivity index (χ2n) is 4.22. The lowest BCUT2D eigenvalue weighted by molar-refractivity contribution is 0.0247. The van der Waals surface area contributed by atoms with Crippen LogP contribution in [-0.4, -0.2) is 29.2 Å². The Kier molecular flexibility index (Phi) is 4.57. The minimum absolute atomic E-state index is 0.294. The lowest BCUT2D eigenvalue weighted by atomic mass is 10.1. The topological polar surface area (TPSA) is 47.0 Å². The van der Waals surface area contributed by atoms with Crippen molar-refractivity contribution in [2.45, 2.75) is 38.7 Å². The van der Waals surface area contributed by atoms with Crippen LogP contribution in [-0.2, 0) is 11.2 Å². The van der Waals surface area contributed by atoms with Gasteiger partial charge >= 0.3 is 0 Å². The summed E-state index contributed by atoms with van der Waals surface area (Å²) in [6.07, 6.45) is 4.62. The summed E-state index contributed by atoms with van der Waals surface area (Å²) in [5.41, 5.74) is 0. The van der Waals surface area contributed by atoms with Crippen LogP contribution in [0.25, 0.3) is 0 Å². The molecule has 1 aliphatic heterocycles. The molecule has 1 aromatic rings. The molecule has 1 atom stereocenters. The summed E-state index contributed by atoms with van der Waals surface area (Å²) >= 11 is 5.93. The Balaban J connectivity index is 1.91. The van der Waals surface area contributed by atoms with Crippen LogP contribution >= 0.6 is 11.6 Å². The summed E-state index contributed by atoms with van der Waals surface area (Å²) in [6.45, 7) is 3.67. The molecular formula is C12H18ClN3O. The summed E-state index contributed by atoms with van der Waals surface area (Å²) in [5, 5.41) is 3.76. The number of rotatable bonds is 4. The summed E-state index contributed by atoms with van der Waals surface area (Å²) in [5.74, 6) is 1.56. The van der Waals surface area contributed by atoms with Gasteiger partial charge in [0.15, 0.2) is 0 Å². The number of hydrogen-bond donors (Lipinski definition) is 1. The van der Waals surface area contributed by atoms with E-state index in [2.05, 4.69) is 15.3 Å². The Morgan fingerprint density at radius 1 is 1.47 bits per heavy atom. The molecular weight excluding hydrogens is 238 g/mol. The summed E-state index contributed by atoms with van der Waals surface area (Å²) in [6, 6.07) is 1.75. The summed E-state index contributed by atoms with van der Waals surface area (Å²) < 4.78 is 5.65. The van der Waals surface area contributed by atoms with Crippen molar-refractivity contribution in [2.75, 3.05) is 18.5 Å². The molecule has 1 N–H and O–H groups in total. The molecule has 4 nitrogen and oxygen atoms in total. The fraction of sp³-hybridized carbons (Fsp3) is 0.667.